The molecule has 3 aromatic heterocycles. The summed E-state index contributed by atoms with van der Waals surface area (Å²) in [7, 11) is 0. The van der Waals surface area contributed by atoms with Crippen molar-refractivity contribution in [3.63, 3.8) is 0 Å². The summed E-state index contributed by atoms with van der Waals surface area (Å²) in [5.74, 6) is -0.377. The van der Waals surface area contributed by atoms with Crippen molar-refractivity contribution < 1.29 is 10.0 Å². The Balaban J connectivity index is 1.67. The van der Waals surface area contributed by atoms with Gasteiger partial charge >= 0.3 is 0 Å². The van der Waals surface area contributed by atoms with E-state index < -0.39 is 16.4 Å². The van der Waals surface area contributed by atoms with Crippen LogP contribution in [0.4, 0.5) is 11.5 Å². The van der Waals surface area contributed by atoms with Gasteiger partial charge in [0.15, 0.2) is 5.82 Å². The SMILES string of the molecule is N#CC1=c2s/c(=C/c3ccc(O)c4ncccc34)c(=O)n2-c2ncnc(N)c2C1c1ccc([N+](=O)[O-])cc1. The number of hydrogen-bond donors (Lipinski definition) is 2. The van der Waals surface area contributed by atoms with Gasteiger partial charge in [-0.2, -0.15) is 5.26 Å². The molecule has 1 atom stereocenters. The van der Waals surface area contributed by atoms with E-state index in [9.17, 15) is 25.3 Å². The molecule has 38 heavy (non-hydrogen) atoms. The van der Waals surface area contributed by atoms with Gasteiger partial charge in [-0.3, -0.25) is 19.9 Å². The summed E-state index contributed by atoms with van der Waals surface area (Å²) < 4.78 is 2.06. The highest BCUT2D eigenvalue weighted by molar-refractivity contribution is 7.07. The van der Waals surface area contributed by atoms with Gasteiger partial charge in [0.2, 0.25) is 0 Å². The van der Waals surface area contributed by atoms with Crippen LogP contribution in [-0.2, 0) is 0 Å². The number of nitrogens with zero attached hydrogens (tertiary/aromatic N) is 6. The number of non-ortho nitro benzene ring substituents is 1. The first kappa shape index (κ1) is 23.0. The fourth-order valence-corrected chi connectivity index (χ4v) is 5.77. The van der Waals surface area contributed by atoms with Crippen molar-refractivity contribution in [2.45, 2.75) is 5.92 Å². The van der Waals surface area contributed by atoms with Crippen LogP contribution in [0.1, 0.15) is 22.6 Å². The number of nitriles is 1. The Kier molecular flexibility index (Phi) is 5.22. The van der Waals surface area contributed by atoms with E-state index in [-0.39, 0.29) is 28.6 Å². The molecule has 0 fully saturated rings. The van der Waals surface area contributed by atoms with E-state index in [0.717, 1.165) is 11.3 Å². The lowest BCUT2D eigenvalue weighted by atomic mass is 9.84. The monoisotopic (exact) mass is 521 g/mol. The molecule has 0 saturated carbocycles. The smallest absolute Gasteiger partial charge is 0.274 e. The van der Waals surface area contributed by atoms with Crippen molar-refractivity contribution in [2.24, 2.45) is 0 Å². The number of aromatic nitrogens is 4. The van der Waals surface area contributed by atoms with Crippen LogP contribution in [0, 0.1) is 21.4 Å². The molecule has 4 heterocycles. The molecule has 0 saturated heterocycles. The van der Waals surface area contributed by atoms with Crippen LogP contribution in [0.15, 0.2) is 65.8 Å². The van der Waals surface area contributed by atoms with Crippen molar-refractivity contribution in [1.82, 2.24) is 19.5 Å². The maximum atomic E-state index is 13.7. The molecule has 0 amide bonds. The van der Waals surface area contributed by atoms with Crippen molar-refractivity contribution in [2.75, 3.05) is 5.73 Å². The average Bonchev–Trinajstić information content (AvgIpc) is 3.25. The number of nitrogen functional groups attached to an aromatic ring is 1. The largest absolute Gasteiger partial charge is 0.506 e. The van der Waals surface area contributed by atoms with Gasteiger partial charge in [-0.25, -0.2) is 14.5 Å². The van der Waals surface area contributed by atoms with Crippen molar-refractivity contribution in [3.8, 4) is 17.6 Å². The van der Waals surface area contributed by atoms with Crippen LogP contribution in [0.3, 0.4) is 0 Å². The Morgan fingerprint density at radius 3 is 2.68 bits per heavy atom. The minimum Gasteiger partial charge on any atom is -0.506 e. The number of anilines is 1. The molecule has 2 aromatic carbocycles. The Hall–Kier alpha value is -5.41. The highest BCUT2D eigenvalue weighted by Gasteiger charge is 2.34. The van der Waals surface area contributed by atoms with E-state index in [0.29, 0.717) is 36.8 Å². The van der Waals surface area contributed by atoms with Crippen LogP contribution < -0.4 is 20.5 Å². The summed E-state index contributed by atoms with van der Waals surface area (Å²) in [6.07, 6.45) is 4.49. The second-order valence-electron chi connectivity index (χ2n) is 8.43. The third kappa shape index (κ3) is 3.41. The minimum atomic E-state index is -0.735. The molecular formula is C26H15N7O4S. The summed E-state index contributed by atoms with van der Waals surface area (Å²) in [5, 5.41) is 32.3. The van der Waals surface area contributed by atoms with Gasteiger partial charge in [0.05, 0.1) is 32.6 Å². The Morgan fingerprint density at radius 2 is 1.95 bits per heavy atom. The Morgan fingerprint density at radius 1 is 1.16 bits per heavy atom. The van der Waals surface area contributed by atoms with Crippen molar-refractivity contribution >= 4 is 45.4 Å². The minimum absolute atomic E-state index is 0.0205. The molecule has 0 bridgehead atoms. The quantitative estimate of drug-likeness (QED) is 0.266. The molecule has 3 N–H and O–H groups in total. The molecule has 6 rings (SSSR count). The molecule has 1 unspecified atom stereocenters. The summed E-state index contributed by atoms with van der Waals surface area (Å²) in [6, 6.07) is 14.8. The fraction of sp³-hybridized carbons (Fsp3) is 0.0385. The molecule has 0 radical (unpaired) electrons. The number of nitro groups is 1. The first-order chi connectivity index (χ1) is 18.4. The van der Waals surface area contributed by atoms with Gasteiger partial charge in [0, 0.05) is 23.7 Å². The van der Waals surface area contributed by atoms with E-state index in [1.165, 1.54) is 29.1 Å². The van der Waals surface area contributed by atoms with Crippen LogP contribution in [0.2, 0.25) is 0 Å². The lowest BCUT2D eigenvalue weighted by Gasteiger charge is -2.24. The van der Waals surface area contributed by atoms with Gasteiger partial charge in [0.1, 0.15) is 28.1 Å². The highest BCUT2D eigenvalue weighted by Crippen LogP contribution is 2.39. The topological polar surface area (TPSA) is 174 Å². The lowest BCUT2D eigenvalue weighted by molar-refractivity contribution is -0.384. The number of fused-ring (bicyclic) bond motifs is 4. The molecule has 0 aliphatic carbocycles. The zero-order valence-electron chi connectivity index (χ0n) is 19.3. The standard InChI is InChI=1S/C26H15N7O4S/c27-11-17-20(13-3-6-15(7-4-13)33(36)37)21-23(28)30-12-31-24(21)32-25(35)19(38-26(17)32)10-14-5-8-18(34)22-16(14)2-1-9-29-22/h1-10,12,20,34H,(H2,28,30,31)/b19-10+. The van der Waals surface area contributed by atoms with E-state index in [1.54, 1.807) is 42.6 Å². The summed E-state index contributed by atoms with van der Waals surface area (Å²) in [6.45, 7) is 0. The molecule has 184 valence electrons. The average molecular weight is 522 g/mol. The van der Waals surface area contributed by atoms with Crippen LogP contribution in [0.25, 0.3) is 28.4 Å². The summed E-state index contributed by atoms with van der Waals surface area (Å²) >= 11 is 1.12. The molecule has 1 aliphatic rings. The highest BCUT2D eigenvalue weighted by atomic mass is 32.1. The maximum Gasteiger partial charge on any atom is 0.274 e. The predicted octanol–water partition coefficient (Wildman–Crippen LogP) is 2.08. The normalized spacial score (nSPS) is 14.7. The molecular weight excluding hydrogens is 506 g/mol. The number of pyridine rings is 1. The van der Waals surface area contributed by atoms with Gasteiger partial charge in [-0.05, 0) is 29.3 Å². The molecule has 11 nitrogen and oxygen atoms in total. The number of phenolic OH excluding ortho intramolecular Hbond substituents is 1. The molecule has 0 spiro atoms. The van der Waals surface area contributed by atoms with Gasteiger partial charge in [-0.15, -0.1) is 11.3 Å². The number of thiazole rings is 1. The van der Waals surface area contributed by atoms with Crippen LogP contribution in [0.5, 0.6) is 5.75 Å². The van der Waals surface area contributed by atoms with E-state index in [2.05, 4.69) is 21.0 Å². The fourth-order valence-electron chi connectivity index (χ4n) is 4.66. The van der Waals surface area contributed by atoms with Crippen molar-refractivity contribution in [3.05, 3.63) is 107 Å². The zero-order chi connectivity index (χ0) is 26.6. The van der Waals surface area contributed by atoms with Gasteiger partial charge < -0.3 is 10.8 Å². The number of benzene rings is 2. The lowest BCUT2D eigenvalue weighted by Crippen LogP contribution is -2.36. The van der Waals surface area contributed by atoms with E-state index in [1.807, 2.05) is 0 Å². The Labute approximate surface area is 216 Å². The predicted molar refractivity (Wildman–Crippen MR) is 140 cm³/mol. The number of nitro benzene ring substituents is 1. The van der Waals surface area contributed by atoms with E-state index in [4.69, 9.17) is 5.73 Å². The second-order valence-corrected chi connectivity index (χ2v) is 9.46. The Bertz CT molecular complexity index is 2020. The molecule has 1 aliphatic heterocycles. The third-order valence-electron chi connectivity index (χ3n) is 6.36. The first-order valence-electron chi connectivity index (χ1n) is 11.2. The number of rotatable bonds is 3. The summed E-state index contributed by atoms with van der Waals surface area (Å²) in [4.78, 5) is 37.0. The van der Waals surface area contributed by atoms with Crippen molar-refractivity contribution in [1.29, 1.82) is 5.26 Å². The number of nitrogens with two attached hydrogens (primary N) is 1. The van der Waals surface area contributed by atoms with Gasteiger partial charge in [-0.1, -0.05) is 24.3 Å². The third-order valence-corrected chi connectivity index (χ3v) is 7.47. The molecule has 5 aromatic rings. The number of phenols is 1. The van der Waals surface area contributed by atoms with Crippen LogP contribution in [-0.4, -0.2) is 29.5 Å². The zero-order valence-corrected chi connectivity index (χ0v) is 20.1. The van der Waals surface area contributed by atoms with E-state index >= 15 is 0 Å². The molecule has 12 heteroatoms. The number of hydrogen-bond acceptors (Lipinski definition) is 10. The second kappa shape index (κ2) is 8.61. The van der Waals surface area contributed by atoms with Crippen LogP contribution >= 0.6 is 11.3 Å². The first-order valence-corrected chi connectivity index (χ1v) is 12.0. The summed E-state index contributed by atoms with van der Waals surface area (Å²) in [5.41, 5.74) is 8.00. The number of aromatic hydroxyl groups is 1. The van der Waals surface area contributed by atoms with Gasteiger partial charge in [0.25, 0.3) is 11.2 Å². The maximum absolute atomic E-state index is 13.7.